The number of amides is 1. The van der Waals surface area contributed by atoms with E-state index in [1.165, 1.54) is 11.1 Å². The molecular formula is C23H30ClN3OS2. The third-order valence-corrected chi connectivity index (χ3v) is 6.87. The van der Waals surface area contributed by atoms with Gasteiger partial charge in [0.1, 0.15) is 0 Å². The second kappa shape index (κ2) is 11.1. The monoisotopic (exact) mass is 463 g/mol. The number of fused-ring (bicyclic) bond motifs is 1. The van der Waals surface area contributed by atoms with E-state index < -0.39 is 0 Å². The van der Waals surface area contributed by atoms with Crippen molar-refractivity contribution in [3.8, 4) is 0 Å². The first kappa shape index (κ1) is 24.7. The number of anilines is 1. The zero-order valence-electron chi connectivity index (χ0n) is 18.3. The van der Waals surface area contributed by atoms with Gasteiger partial charge < -0.3 is 4.90 Å². The van der Waals surface area contributed by atoms with Crippen molar-refractivity contribution >= 4 is 56.8 Å². The second-order valence-electron chi connectivity index (χ2n) is 7.44. The number of carbonyl (C=O) groups excluding carboxylic acids is 1. The van der Waals surface area contributed by atoms with Gasteiger partial charge >= 0.3 is 0 Å². The zero-order chi connectivity index (χ0) is 21.0. The van der Waals surface area contributed by atoms with Gasteiger partial charge in [-0.15, -0.1) is 24.2 Å². The van der Waals surface area contributed by atoms with Crippen LogP contribution in [-0.2, 0) is 0 Å². The molecule has 0 N–H and O–H groups in total. The van der Waals surface area contributed by atoms with Crippen LogP contribution in [0.4, 0.5) is 5.13 Å². The molecule has 3 rings (SSSR count). The van der Waals surface area contributed by atoms with E-state index >= 15 is 0 Å². The van der Waals surface area contributed by atoms with Crippen LogP contribution in [0.25, 0.3) is 10.2 Å². The molecule has 7 heteroatoms. The first-order chi connectivity index (χ1) is 13.9. The largest absolute Gasteiger partial charge is 0.309 e. The Morgan fingerprint density at radius 3 is 2.50 bits per heavy atom. The number of aromatic nitrogens is 1. The first-order valence-corrected chi connectivity index (χ1v) is 11.8. The Bertz CT molecular complexity index is 964. The van der Waals surface area contributed by atoms with Crippen molar-refractivity contribution in [2.45, 2.75) is 32.1 Å². The van der Waals surface area contributed by atoms with Gasteiger partial charge in [-0.05, 0) is 82.1 Å². The molecule has 1 heterocycles. The van der Waals surface area contributed by atoms with Gasteiger partial charge in [-0.1, -0.05) is 30.4 Å². The molecule has 0 fully saturated rings. The predicted molar refractivity (Wildman–Crippen MR) is 134 cm³/mol. The highest BCUT2D eigenvalue weighted by Crippen LogP contribution is 2.33. The highest BCUT2D eigenvalue weighted by molar-refractivity contribution is 7.99. The maximum Gasteiger partial charge on any atom is 0.261 e. The number of halogens is 1. The summed E-state index contributed by atoms with van der Waals surface area (Å²) in [6, 6.07) is 12.2. The van der Waals surface area contributed by atoms with E-state index in [2.05, 4.69) is 51.9 Å². The van der Waals surface area contributed by atoms with Crippen molar-refractivity contribution in [2.24, 2.45) is 0 Å². The van der Waals surface area contributed by atoms with Crippen LogP contribution in [0.3, 0.4) is 0 Å². The number of carbonyl (C=O) groups is 1. The van der Waals surface area contributed by atoms with E-state index in [-0.39, 0.29) is 18.3 Å². The number of aryl methyl sites for hydroxylation is 2. The topological polar surface area (TPSA) is 36.4 Å². The number of nitrogens with zero attached hydrogens (tertiary/aromatic N) is 3. The third kappa shape index (κ3) is 5.76. The van der Waals surface area contributed by atoms with Crippen molar-refractivity contribution in [2.75, 3.05) is 37.8 Å². The lowest BCUT2D eigenvalue weighted by Crippen LogP contribution is -2.33. The molecule has 3 aromatic rings. The molecule has 0 aliphatic heterocycles. The van der Waals surface area contributed by atoms with Crippen molar-refractivity contribution in [3.63, 3.8) is 0 Å². The van der Waals surface area contributed by atoms with Crippen LogP contribution in [0.15, 0.2) is 41.3 Å². The van der Waals surface area contributed by atoms with Gasteiger partial charge in [0.05, 0.1) is 15.8 Å². The minimum Gasteiger partial charge on any atom is -0.309 e. The molecule has 0 bridgehead atoms. The summed E-state index contributed by atoms with van der Waals surface area (Å²) < 4.78 is 1.13. The van der Waals surface area contributed by atoms with E-state index in [1.54, 1.807) is 23.1 Å². The summed E-state index contributed by atoms with van der Waals surface area (Å²) in [7, 11) is 4.12. The average molecular weight is 464 g/mol. The smallest absolute Gasteiger partial charge is 0.261 e. The molecule has 1 amide bonds. The third-order valence-electron chi connectivity index (χ3n) is 4.87. The van der Waals surface area contributed by atoms with Crippen LogP contribution in [0, 0.1) is 13.8 Å². The molecule has 0 aliphatic rings. The Morgan fingerprint density at radius 1 is 1.10 bits per heavy atom. The van der Waals surface area contributed by atoms with Crippen LogP contribution in [-0.4, -0.2) is 48.7 Å². The van der Waals surface area contributed by atoms with Crippen LogP contribution in [0.5, 0.6) is 0 Å². The van der Waals surface area contributed by atoms with Gasteiger partial charge in [-0.25, -0.2) is 4.98 Å². The number of benzene rings is 2. The zero-order valence-corrected chi connectivity index (χ0v) is 20.7. The van der Waals surface area contributed by atoms with Crippen molar-refractivity contribution < 1.29 is 4.79 Å². The fraction of sp³-hybridized carbons (Fsp3) is 0.391. The summed E-state index contributed by atoms with van der Waals surface area (Å²) in [5.74, 6) is 0.970. The molecule has 162 valence electrons. The number of hydrogen-bond acceptors (Lipinski definition) is 5. The van der Waals surface area contributed by atoms with Gasteiger partial charge in [0.25, 0.3) is 5.91 Å². The number of rotatable bonds is 8. The summed E-state index contributed by atoms with van der Waals surface area (Å²) in [5.41, 5.74) is 4.21. The Labute approximate surface area is 194 Å². The standard InChI is InChI=1S/C23H29N3OS2.ClH/c1-6-28-20-11-8-7-10-18(20)22(27)26(13-9-12-25(4)5)23-24-19-14-16(2)17(3)15-21(19)29-23;/h7-8,10-11,14-15H,6,9,12-13H2,1-5H3;1H. The van der Waals surface area contributed by atoms with Crippen molar-refractivity contribution in [3.05, 3.63) is 53.1 Å². The summed E-state index contributed by atoms with van der Waals surface area (Å²) >= 11 is 3.31. The number of thiazole rings is 1. The van der Waals surface area contributed by atoms with Crippen LogP contribution in [0.2, 0.25) is 0 Å². The van der Waals surface area contributed by atoms with Crippen molar-refractivity contribution in [1.82, 2.24) is 9.88 Å². The van der Waals surface area contributed by atoms with E-state index in [9.17, 15) is 4.79 Å². The summed E-state index contributed by atoms with van der Waals surface area (Å²) in [6.45, 7) is 7.91. The maximum atomic E-state index is 13.6. The van der Waals surface area contributed by atoms with Gasteiger partial charge in [-0.2, -0.15) is 0 Å². The fourth-order valence-corrected chi connectivity index (χ4v) is 5.05. The van der Waals surface area contributed by atoms with Crippen LogP contribution >= 0.6 is 35.5 Å². The van der Waals surface area contributed by atoms with E-state index in [1.807, 2.05) is 29.2 Å². The lowest BCUT2D eigenvalue weighted by molar-refractivity contribution is 0.0983. The molecule has 0 spiro atoms. The highest BCUT2D eigenvalue weighted by Gasteiger charge is 2.23. The van der Waals surface area contributed by atoms with Gasteiger partial charge in [-0.3, -0.25) is 9.69 Å². The molecule has 0 saturated heterocycles. The molecule has 0 saturated carbocycles. The highest BCUT2D eigenvalue weighted by atomic mass is 35.5. The molecule has 0 atom stereocenters. The maximum absolute atomic E-state index is 13.6. The van der Waals surface area contributed by atoms with Gasteiger partial charge in [0.2, 0.25) is 0 Å². The first-order valence-electron chi connectivity index (χ1n) is 9.97. The van der Waals surface area contributed by atoms with E-state index in [0.717, 1.165) is 44.5 Å². The number of hydrogen-bond donors (Lipinski definition) is 0. The lowest BCUT2D eigenvalue weighted by Gasteiger charge is -2.22. The quantitative estimate of drug-likeness (QED) is 0.381. The minimum atomic E-state index is 0. The Hall–Kier alpha value is -1.60. The molecule has 0 radical (unpaired) electrons. The van der Waals surface area contributed by atoms with Crippen molar-refractivity contribution in [1.29, 1.82) is 0 Å². The molecule has 0 aliphatic carbocycles. The van der Waals surface area contributed by atoms with Crippen LogP contribution in [0.1, 0.15) is 34.8 Å². The molecule has 1 aromatic heterocycles. The summed E-state index contributed by atoms with van der Waals surface area (Å²) in [5, 5.41) is 0.782. The predicted octanol–water partition coefficient (Wildman–Crippen LogP) is 6.05. The molecule has 2 aromatic carbocycles. The second-order valence-corrected chi connectivity index (χ2v) is 9.76. The SMILES string of the molecule is CCSc1ccccc1C(=O)N(CCCN(C)C)c1nc2cc(C)c(C)cc2s1.Cl. The van der Waals surface area contributed by atoms with E-state index in [0.29, 0.717) is 6.54 Å². The lowest BCUT2D eigenvalue weighted by atomic mass is 10.1. The normalized spacial score (nSPS) is 11.0. The minimum absolute atomic E-state index is 0. The molecule has 30 heavy (non-hydrogen) atoms. The molecule has 4 nitrogen and oxygen atoms in total. The Morgan fingerprint density at radius 2 is 1.80 bits per heavy atom. The number of thioether (sulfide) groups is 1. The van der Waals surface area contributed by atoms with Gasteiger partial charge in [0.15, 0.2) is 5.13 Å². The molecular weight excluding hydrogens is 434 g/mol. The van der Waals surface area contributed by atoms with E-state index in [4.69, 9.17) is 4.98 Å². The Kier molecular flexibility index (Phi) is 9.16. The van der Waals surface area contributed by atoms with Crippen LogP contribution < -0.4 is 4.90 Å². The summed E-state index contributed by atoms with van der Waals surface area (Å²) in [6.07, 6.45) is 0.899. The fourth-order valence-electron chi connectivity index (χ4n) is 3.18. The summed E-state index contributed by atoms with van der Waals surface area (Å²) in [4.78, 5) is 23.5. The molecule has 0 unspecified atom stereocenters. The van der Waals surface area contributed by atoms with Gasteiger partial charge in [0, 0.05) is 11.4 Å². The average Bonchev–Trinajstić information content (AvgIpc) is 3.08. The Balaban J connectivity index is 0.00000320.